The molecule has 0 saturated heterocycles. The molecule has 2 aliphatic rings. The van der Waals surface area contributed by atoms with Crippen LogP contribution in [-0.4, -0.2) is 36.1 Å². The van der Waals surface area contributed by atoms with E-state index in [0.29, 0.717) is 17.8 Å². The van der Waals surface area contributed by atoms with E-state index < -0.39 is 17.1 Å². The Labute approximate surface area is 147 Å². The molecule has 0 spiro atoms. The maximum Gasteiger partial charge on any atom is 0.247 e. The van der Waals surface area contributed by atoms with E-state index >= 15 is 0 Å². The van der Waals surface area contributed by atoms with Gasteiger partial charge in [-0.25, -0.2) is 0 Å². The van der Waals surface area contributed by atoms with E-state index in [1.165, 1.54) is 13.2 Å². The molecule has 0 aromatic heterocycles. The third kappa shape index (κ3) is 3.96. The number of nitrogens with zero attached hydrogens (tertiary/aromatic N) is 1. The number of hydrogen-bond donors (Lipinski definition) is 0. The van der Waals surface area contributed by atoms with Gasteiger partial charge >= 0.3 is 0 Å². The lowest BCUT2D eigenvalue weighted by molar-refractivity contribution is -0.556. The van der Waals surface area contributed by atoms with Crippen molar-refractivity contribution >= 4 is 5.78 Å². The summed E-state index contributed by atoms with van der Waals surface area (Å²) in [6, 6.07) is 0. The first-order valence-electron chi connectivity index (χ1n) is 8.00. The lowest BCUT2D eigenvalue weighted by Crippen LogP contribution is -2.40. The third-order valence-corrected chi connectivity index (χ3v) is 4.71. The van der Waals surface area contributed by atoms with Crippen molar-refractivity contribution < 1.29 is 19.2 Å². The highest BCUT2D eigenvalue weighted by atomic mass is 16.6. The van der Waals surface area contributed by atoms with E-state index in [0.717, 1.165) is 0 Å². The Hall–Kier alpha value is -2.47. The minimum Gasteiger partial charge on any atom is -0.497 e. The van der Waals surface area contributed by atoms with Crippen LogP contribution >= 0.6 is 0 Å². The van der Waals surface area contributed by atoms with Crippen molar-refractivity contribution in [1.29, 1.82) is 0 Å². The fourth-order valence-corrected chi connectivity index (χ4v) is 2.88. The molecule has 3 atom stereocenters. The lowest BCUT2D eigenvalue weighted by atomic mass is 9.82. The lowest BCUT2D eigenvalue weighted by Gasteiger charge is -2.29. The van der Waals surface area contributed by atoms with Crippen LogP contribution in [0.3, 0.4) is 0 Å². The number of hydrogen-bond acceptors (Lipinski definition) is 5. The quantitative estimate of drug-likeness (QED) is 0.420. The molecule has 0 amide bonds. The van der Waals surface area contributed by atoms with E-state index in [4.69, 9.17) is 9.47 Å². The number of nitro groups is 1. The monoisotopic (exact) mass is 345 g/mol. The highest BCUT2D eigenvalue weighted by Crippen LogP contribution is 2.31. The number of carbonyl (C=O) groups is 1. The fourth-order valence-electron chi connectivity index (χ4n) is 2.88. The summed E-state index contributed by atoms with van der Waals surface area (Å²) >= 11 is 0. The molecule has 0 heterocycles. The summed E-state index contributed by atoms with van der Waals surface area (Å²) in [5.74, 6) is -0.144. The molecular formula is C19H23NO5. The molecule has 0 bridgehead atoms. The Morgan fingerprint density at radius 1 is 1.36 bits per heavy atom. The predicted octanol–water partition coefficient (Wildman–Crippen LogP) is 3.15. The molecule has 0 N–H and O–H groups in total. The van der Waals surface area contributed by atoms with Gasteiger partial charge in [0.15, 0.2) is 5.78 Å². The second-order valence-corrected chi connectivity index (χ2v) is 6.59. The molecule has 0 aromatic carbocycles. The van der Waals surface area contributed by atoms with Gasteiger partial charge in [-0.05, 0) is 31.2 Å². The Bertz CT molecular complexity index is 715. The summed E-state index contributed by atoms with van der Waals surface area (Å²) in [6.45, 7) is 3.41. The molecule has 0 aliphatic heterocycles. The minimum atomic E-state index is -1.26. The van der Waals surface area contributed by atoms with Gasteiger partial charge in [-0.1, -0.05) is 24.3 Å². The van der Waals surface area contributed by atoms with Crippen molar-refractivity contribution in [3.8, 4) is 0 Å². The van der Waals surface area contributed by atoms with Gasteiger partial charge in [0.25, 0.3) is 0 Å². The molecular weight excluding hydrogens is 322 g/mol. The highest BCUT2D eigenvalue weighted by Gasteiger charge is 2.41. The number of ether oxygens (including phenoxy) is 2. The fraction of sp³-hybridized carbons (Fsp3) is 0.421. The van der Waals surface area contributed by atoms with Crippen molar-refractivity contribution in [1.82, 2.24) is 0 Å². The Morgan fingerprint density at radius 2 is 2.08 bits per heavy atom. The van der Waals surface area contributed by atoms with Gasteiger partial charge in [0.1, 0.15) is 5.76 Å². The van der Waals surface area contributed by atoms with Crippen molar-refractivity contribution in [2.24, 2.45) is 5.92 Å². The topological polar surface area (TPSA) is 78.7 Å². The molecule has 0 saturated carbocycles. The van der Waals surface area contributed by atoms with Crippen LogP contribution < -0.4 is 0 Å². The average molecular weight is 345 g/mol. The van der Waals surface area contributed by atoms with Gasteiger partial charge in [-0.2, -0.15) is 0 Å². The van der Waals surface area contributed by atoms with Crippen LogP contribution in [0, 0.1) is 16.0 Å². The van der Waals surface area contributed by atoms with Gasteiger partial charge in [0.2, 0.25) is 5.54 Å². The van der Waals surface area contributed by atoms with E-state index in [2.05, 4.69) is 0 Å². The SMILES string of the molecule is COC1=CC(C)(OC)CC(C(=O)/C=C/C2C=CC=CC2(C)[N+](=O)[O-])=C1. The normalized spacial score (nSPS) is 31.6. The first-order chi connectivity index (χ1) is 11.7. The van der Waals surface area contributed by atoms with Crippen molar-refractivity contribution in [3.63, 3.8) is 0 Å². The van der Waals surface area contributed by atoms with Crippen LogP contribution in [-0.2, 0) is 14.3 Å². The first kappa shape index (κ1) is 18.9. The molecule has 6 heteroatoms. The summed E-state index contributed by atoms with van der Waals surface area (Å²) in [5.41, 5.74) is -1.34. The highest BCUT2D eigenvalue weighted by molar-refractivity contribution is 6.04. The van der Waals surface area contributed by atoms with Crippen molar-refractivity contribution in [2.75, 3.05) is 14.2 Å². The van der Waals surface area contributed by atoms with Crippen LogP contribution in [0.25, 0.3) is 0 Å². The zero-order valence-corrected chi connectivity index (χ0v) is 14.9. The second kappa shape index (κ2) is 7.19. The largest absolute Gasteiger partial charge is 0.497 e. The molecule has 3 unspecified atom stereocenters. The van der Waals surface area contributed by atoms with Crippen molar-refractivity contribution in [2.45, 2.75) is 31.4 Å². The van der Waals surface area contributed by atoms with Gasteiger partial charge in [0.05, 0.1) is 18.6 Å². The summed E-state index contributed by atoms with van der Waals surface area (Å²) in [7, 11) is 3.11. The van der Waals surface area contributed by atoms with Gasteiger partial charge in [0, 0.05) is 31.0 Å². The van der Waals surface area contributed by atoms with Crippen LogP contribution in [0.5, 0.6) is 0 Å². The number of rotatable bonds is 6. The van der Waals surface area contributed by atoms with E-state index in [1.807, 2.05) is 13.0 Å². The summed E-state index contributed by atoms with van der Waals surface area (Å²) < 4.78 is 10.7. The van der Waals surface area contributed by atoms with Crippen molar-refractivity contribution in [3.05, 3.63) is 70.1 Å². The zero-order valence-electron chi connectivity index (χ0n) is 14.9. The summed E-state index contributed by atoms with van der Waals surface area (Å²) in [5, 5.41) is 11.4. The summed E-state index contributed by atoms with van der Waals surface area (Å²) in [6.07, 6.45) is 13.6. The van der Waals surface area contributed by atoms with Crippen LogP contribution in [0.1, 0.15) is 20.3 Å². The standard InChI is InChI=1S/C19H23NO5/c1-18(25-4)12-14(11-16(13-18)24-3)17(21)9-8-15-7-5-6-10-19(15,2)20(22)23/h5-11,13,15H,12H2,1-4H3/b9-8+. The maximum absolute atomic E-state index is 12.6. The Balaban J connectivity index is 2.21. The Morgan fingerprint density at radius 3 is 2.68 bits per heavy atom. The van der Waals surface area contributed by atoms with Crippen LogP contribution in [0.15, 0.2) is 59.9 Å². The van der Waals surface area contributed by atoms with Crippen LogP contribution in [0.2, 0.25) is 0 Å². The third-order valence-electron chi connectivity index (χ3n) is 4.71. The minimum absolute atomic E-state index is 0.209. The molecule has 0 aromatic rings. The maximum atomic E-state index is 12.6. The average Bonchev–Trinajstić information content (AvgIpc) is 2.60. The Kier molecular flexibility index (Phi) is 5.42. The number of carbonyl (C=O) groups excluding carboxylic acids is 1. The second-order valence-electron chi connectivity index (χ2n) is 6.59. The number of methoxy groups -OCH3 is 2. The zero-order chi connectivity index (χ0) is 18.7. The molecule has 0 fully saturated rings. The molecule has 2 aliphatic carbocycles. The first-order valence-corrected chi connectivity index (χ1v) is 8.00. The molecule has 25 heavy (non-hydrogen) atoms. The molecule has 2 rings (SSSR count). The summed E-state index contributed by atoms with van der Waals surface area (Å²) in [4.78, 5) is 23.6. The molecule has 134 valence electrons. The van der Waals surface area contributed by atoms with Gasteiger partial charge in [-0.3, -0.25) is 14.9 Å². The van der Waals surface area contributed by atoms with E-state index in [9.17, 15) is 14.9 Å². The van der Waals surface area contributed by atoms with E-state index in [-0.39, 0.29) is 10.7 Å². The molecule has 6 nitrogen and oxygen atoms in total. The molecule has 0 radical (unpaired) electrons. The predicted molar refractivity (Wildman–Crippen MR) is 94.5 cm³/mol. The number of allylic oxidation sites excluding steroid dienone is 4. The smallest absolute Gasteiger partial charge is 0.247 e. The van der Waals surface area contributed by atoms with Gasteiger partial charge < -0.3 is 9.47 Å². The number of ketones is 1. The van der Waals surface area contributed by atoms with Crippen LogP contribution in [0.4, 0.5) is 0 Å². The van der Waals surface area contributed by atoms with E-state index in [1.54, 1.807) is 50.5 Å². The van der Waals surface area contributed by atoms with Gasteiger partial charge in [-0.15, -0.1) is 0 Å².